The first kappa shape index (κ1) is 15.6. The number of anilines is 2. The van der Waals surface area contributed by atoms with Crippen LogP contribution in [0.15, 0.2) is 54.6 Å². The number of nitrogens with one attached hydrogen (secondary N) is 1. The first-order chi connectivity index (χ1) is 11.3. The molecule has 0 atom stereocenters. The SMILES string of the molecule is O=C(Cc1ccccc1)Nc1ccc(N2CCCCCC2)cc1. The van der Waals surface area contributed by atoms with E-state index in [9.17, 15) is 4.79 Å². The summed E-state index contributed by atoms with van der Waals surface area (Å²) in [4.78, 5) is 14.5. The minimum Gasteiger partial charge on any atom is -0.372 e. The normalized spacial score (nSPS) is 15.0. The summed E-state index contributed by atoms with van der Waals surface area (Å²) in [6, 6.07) is 18.1. The molecule has 0 bridgehead atoms. The molecule has 120 valence electrons. The number of carbonyl (C=O) groups excluding carboxylic acids is 1. The first-order valence-corrected chi connectivity index (χ1v) is 8.50. The van der Waals surface area contributed by atoms with Gasteiger partial charge in [-0.3, -0.25) is 4.79 Å². The van der Waals surface area contributed by atoms with Crippen molar-refractivity contribution in [3.63, 3.8) is 0 Å². The molecule has 2 aromatic carbocycles. The Kier molecular flexibility index (Phi) is 5.30. The van der Waals surface area contributed by atoms with Gasteiger partial charge < -0.3 is 10.2 Å². The van der Waals surface area contributed by atoms with Gasteiger partial charge in [0.2, 0.25) is 5.91 Å². The van der Waals surface area contributed by atoms with Crippen LogP contribution in [0.2, 0.25) is 0 Å². The monoisotopic (exact) mass is 308 g/mol. The average Bonchev–Trinajstić information content (AvgIpc) is 2.86. The average molecular weight is 308 g/mol. The van der Waals surface area contributed by atoms with E-state index in [1.165, 1.54) is 31.4 Å². The molecule has 0 aliphatic carbocycles. The molecule has 1 saturated heterocycles. The second kappa shape index (κ2) is 7.82. The van der Waals surface area contributed by atoms with Crippen LogP contribution in [-0.4, -0.2) is 19.0 Å². The van der Waals surface area contributed by atoms with E-state index in [1.807, 2.05) is 42.5 Å². The quantitative estimate of drug-likeness (QED) is 0.916. The molecular formula is C20H24N2O. The third-order valence-corrected chi connectivity index (χ3v) is 4.33. The molecule has 3 nitrogen and oxygen atoms in total. The molecular weight excluding hydrogens is 284 g/mol. The molecule has 3 heteroatoms. The van der Waals surface area contributed by atoms with Crippen molar-refractivity contribution in [2.45, 2.75) is 32.1 Å². The zero-order valence-corrected chi connectivity index (χ0v) is 13.5. The predicted molar refractivity (Wildman–Crippen MR) is 95.9 cm³/mol. The van der Waals surface area contributed by atoms with Gasteiger partial charge in [0.1, 0.15) is 0 Å². The summed E-state index contributed by atoms with van der Waals surface area (Å²) in [5, 5.41) is 2.98. The molecule has 0 unspecified atom stereocenters. The van der Waals surface area contributed by atoms with Gasteiger partial charge >= 0.3 is 0 Å². The van der Waals surface area contributed by atoms with E-state index in [0.29, 0.717) is 6.42 Å². The van der Waals surface area contributed by atoms with Crippen molar-refractivity contribution >= 4 is 17.3 Å². The Bertz CT molecular complexity index is 614. The van der Waals surface area contributed by atoms with Gasteiger partial charge in [0, 0.05) is 24.5 Å². The van der Waals surface area contributed by atoms with Crippen LogP contribution in [0.4, 0.5) is 11.4 Å². The number of rotatable bonds is 4. The third-order valence-electron chi connectivity index (χ3n) is 4.33. The molecule has 23 heavy (non-hydrogen) atoms. The van der Waals surface area contributed by atoms with Crippen LogP contribution in [0, 0.1) is 0 Å². The fraction of sp³-hybridized carbons (Fsp3) is 0.350. The molecule has 1 fully saturated rings. The summed E-state index contributed by atoms with van der Waals surface area (Å²) in [7, 11) is 0. The lowest BCUT2D eigenvalue weighted by atomic mass is 10.1. The van der Waals surface area contributed by atoms with Gasteiger partial charge in [-0.25, -0.2) is 0 Å². The number of hydrogen-bond acceptors (Lipinski definition) is 2. The fourth-order valence-corrected chi connectivity index (χ4v) is 3.07. The number of carbonyl (C=O) groups is 1. The van der Waals surface area contributed by atoms with Crippen LogP contribution in [0.25, 0.3) is 0 Å². The lowest BCUT2D eigenvalue weighted by Gasteiger charge is -2.22. The minimum atomic E-state index is 0.0266. The second-order valence-corrected chi connectivity index (χ2v) is 6.16. The van der Waals surface area contributed by atoms with Crippen LogP contribution >= 0.6 is 0 Å². The van der Waals surface area contributed by atoms with Gasteiger partial charge in [-0.05, 0) is 42.7 Å². The Morgan fingerprint density at radius 3 is 2.17 bits per heavy atom. The van der Waals surface area contributed by atoms with E-state index in [-0.39, 0.29) is 5.91 Å². The molecule has 1 heterocycles. The van der Waals surface area contributed by atoms with Gasteiger partial charge in [-0.2, -0.15) is 0 Å². The zero-order valence-electron chi connectivity index (χ0n) is 13.5. The summed E-state index contributed by atoms with van der Waals surface area (Å²) in [5.74, 6) is 0.0266. The summed E-state index contributed by atoms with van der Waals surface area (Å²) in [6.07, 6.45) is 5.63. The van der Waals surface area contributed by atoms with Crippen molar-refractivity contribution in [1.29, 1.82) is 0 Å². The molecule has 0 aromatic heterocycles. The topological polar surface area (TPSA) is 32.3 Å². The Balaban J connectivity index is 1.57. The summed E-state index contributed by atoms with van der Waals surface area (Å²) in [5.41, 5.74) is 3.16. The Morgan fingerprint density at radius 1 is 0.870 bits per heavy atom. The molecule has 0 radical (unpaired) electrons. The lowest BCUT2D eigenvalue weighted by Crippen LogP contribution is -2.23. The first-order valence-electron chi connectivity index (χ1n) is 8.50. The van der Waals surface area contributed by atoms with E-state index in [0.717, 1.165) is 24.3 Å². The standard InChI is InChI=1S/C20H24N2O/c23-20(16-17-8-4-3-5-9-17)21-18-10-12-19(13-11-18)22-14-6-1-2-7-15-22/h3-5,8-13H,1-2,6-7,14-16H2,(H,21,23). The maximum atomic E-state index is 12.1. The van der Waals surface area contributed by atoms with Crippen LogP contribution in [0.5, 0.6) is 0 Å². The third kappa shape index (κ3) is 4.59. The van der Waals surface area contributed by atoms with Crippen molar-refractivity contribution in [2.24, 2.45) is 0 Å². The van der Waals surface area contributed by atoms with Crippen LogP contribution in [-0.2, 0) is 11.2 Å². The highest BCUT2D eigenvalue weighted by molar-refractivity contribution is 5.92. The molecule has 0 spiro atoms. The maximum absolute atomic E-state index is 12.1. The number of amides is 1. The van der Waals surface area contributed by atoms with Gasteiger partial charge in [0.05, 0.1) is 6.42 Å². The van der Waals surface area contributed by atoms with E-state index in [4.69, 9.17) is 0 Å². The fourth-order valence-electron chi connectivity index (χ4n) is 3.07. The van der Waals surface area contributed by atoms with Crippen molar-refractivity contribution in [1.82, 2.24) is 0 Å². The highest BCUT2D eigenvalue weighted by atomic mass is 16.1. The van der Waals surface area contributed by atoms with Gasteiger partial charge in [0.15, 0.2) is 0 Å². The van der Waals surface area contributed by atoms with E-state index in [1.54, 1.807) is 0 Å². The van der Waals surface area contributed by atoms with E-state index < -0.39 is 0 Å². The maximum Gasteiger partial charge on any atom is 0.228 e. The Morgan fingerprint density at radius 2 is 1.52 bits per heavy atom. The van der Waals surface area contributed by atoms with E-state index >= 15 is 0 Å². The molecule has 0 saturated carbocycles. The molecule has 2 aromatic rings. The van der Waals surface area contributed by atoms with E-state index in [2.05, 4.69) is 22.3 Å². The minimum absolute atomic E-state index is 0.0266. The van der Waals surface area contributed by atoms with Gasteiger partial charge in [0.25, 0.3) is 0 Å². The van der Waals surface area contributed by atoms with Crippen LogP contribution < -0.4 is 10.2 Å². The molecule has 3 rings (SSSR count). The van der Waals surface area contributed by atoms with Crippen molar-refractivity contribution in [2.75, 3.05) is 23.3 Å². The van der Waals surface area contributed by atoms with Crippen LogP contribution in [0.1, 0.15) is 31.2 Å². The predicted octanol–water partition coefficient (Wildman–Crippen LogP) is 4.25. The molecule has 1 aliphatic rings. The van der Waals surface area contributed by atoms with Crippen molar-refractivity contribution in [3.8, 4) is 0 Å². The smallest absolute Gasteiger partial charge is 0.228 e. The van der Waals surface area contributed by atoms with Gasteiger partial charge in [-0.1, -0.05) is 43.2 Å². The highest BCUT2D eigenvalue weighted by Gasteiger charge is 2.10. The summed E-state index contributed by atoms with van der Waals surface area (Å²) < 4.78 is 0. The van der Waals surface area contributed by atoms with Crippen molar-refractivity contribution < 1.29 is 4.79 Å². The highest BCUT2D eigenvalue weighted by Crippen LogP contribution is 2.21. The number of hydrogen-bond donors (Lipinski definition) is 1. The lowest BCUT2D eigenvalue weighted by molar-refractivity contribution is -0.115. The van der Waals surface area contributed by atoms with Crippen molar-refractivity contribution in [3.05, 3.63) is 60.2 Å². The van der Waals surface area contributed by atoms with Gasteiger partial charge in [-0.15, -0.1) is 0 Å². The van der Waals surface area contributed by atoms with Crippen LogP contribution in [0.3, 0.4) is 0 Å². The largest absolute Gasteiger partial charge is 0.372 e. The molecule has 1 N–H and O–H groups in total. The summed E-state index contributed by atoms with van der Waals surface area (Å²) >= 11 is 0. The zero-order chi connectivity index (χ0) is 15.9. The molecule has 1 aliphatic heterocycles. The Labute approximate surface area is 138 Å². The second-order valence-electron chi connectivity index (χ2n) is 6.16. The summed E-state index contributed by atoms with van der Waals surface area (Å²) in [6.45, 7) is 2.28. The molecule has 1 amide bonds. The number of benzene rings is 2. The number of nitrogens with zero attached hydrogens (tertiary/aromatic N) is 1. The Hall–Kier alpha value is -2.29.